The molecule has 1 amide bonds. The van der Waals surface area contributed by atoms with Gasteiger partial charge in [-0.15, -0.1) is 0 Å². The molecule has 0 unspecified atom stereocenters. The van der Waals surface area contributed by atoms with Gasteiger partial charge in [-0.05, 0) is 53.8 Å². The molecule has 0 spiro atoms. The standard InChI is InChI=1S/C21H24N2O2/c1-15(2)18-7-5-17(6-8-18)13-16(3)14-22-23-21(24)19-9-11-20(25-4)12-10-19/h5-15H,1-4H3,(H,23,24)/b16-13-,22-14?. The Morgan fingerprint density at radius 1 is 1.08 bits per heavy atom. The summed E-state index contributed by atoms with van der Waals surface area (Å²) in [6.45, 7) is 6.29. The third-order valence-corrected chi connectivity index (χ3v) is 3.78. The second kappa shape index (κ2) is 8.83. The molecule has 2 aromatic rings. The summed E-state index contributed by atoms with van der Waals surface area (Å²) >= 11 is 0. The molecule has 0 saturated heterocycles. The molecule has 4 heteroatoms. The van der Waals surface area contributed by atoms with Crippen LogP contribution in [-0.4, -0.2) is 19.2 Å². The van der Waals surface area contributed by atoms with Crippen molar-refractivity contribution in [3.8, 4) is 5.75 Å². The van der Waals surface area contributed by atoms with Crippen LogP contribution in [0.25, 0.3) is 6.08 Å². The third kappa shape index (κ3) is 5.60. The van der Waals surface area contributed by atoms with Gasteiger partial charge in [-0.1, -0.05) is 44.2 Å². The first kappa shape index (κ1) is 18.5. The maximum Gasteiger partial charge on any atom is 0.271 e. The SMILES string of the molecule is COc1ccc(C(=O)NN=C/C(C)=C\c2ccc(C(C)C)cc2)cc1. The summed E-state index contributed by atoms with van der Waals surface area (Å²) in [7, 11) is 1.59. The molecular weight excluding hydrogens is 312 g/mol. The molecule has 0 bridgehead atoms. The summed E-state index contributed by atoms with van der Waals surface area (Å²) in [5.41, 5.74) is 6.43. The molecule has 0 heterocycles. The predicted molar refractivity (Wildman–Crippen MR) is 103 cm³/mol. The number of benzene rings is 2. The lowest BCUT2D eigenvalue weighted by atomic mass is 10.0. The fourth-order valence-electron chi connectivity index (χ4n) is 2.28. The van der Waals surface area contributed by atoms with Gasteiger partial charge in [-0.3, -0.25) is 4.79 Å². The zero-order valence-electron chi connectivity index (χ0n) is 15.1. The fraction of sp³-hybridized carbons (Fsp3) is 0.238. The van der Waals surface area contributed by atoms with E-state index in [9.17, 15) is 4.79 Å². The molecular formula is C21H24N2O2. The molecule has 0 saturated carbocycles. The average Bonchev–Trinajstić information content (AvgIpc) is 2.62. The van der Waals surface area contributed by atoms with Gasteiger partial charge in [0, 0.05) is 5.56 Å². The Balaban J connectivity index is 1.94. The Kier molecular flexibility index (Phi) is 6.52. The van der Waals surface area contributed by atoms with E-state index < -0.39 is 0 Å². The zero-order chi connectivity index (χ0) is 18.2. The van der Waals surface area contributed by atoms with E-state index in [2.05, 4.69) is 48.6 Å². The van der Waals surface area contributed by atoms with Crippen LogP contribution in [0.2, 0.25) is 0 Å². The lowest BCUT2D eigenvalue weighted by Crippen LogP contribution is -2.17. The summed E-state index contributed by atoms with van der Waals surface area (Å²) in [6, 6.07) is 15.3. The summed E-state index contributed by atoms with van der Waals surface area (Å²) in [6.07, 6.45) is 3.66. The molecule has 1 N–H and O–H groups in total. The zero-order valence-corrected chi connectivity index (χ0v) is 15.1. The number of allylic oxidation sites excluding steroid dienone is 1. The van der Waals surface area contributed by atoms with Gasteiger partial charge in [0.25, 0.3) is 5.91 Å². The van der Waals surface area contributed by atoms with Crippen LogP contribution in [0.1, 0.15) is 48.2 Å². The van der Waals surface area contributed by atoms with Gasteiger partial charge in [0.15, 0.2) is 0 Å². The highest BCUT2D eigenvalue weighted by Gasteiger charge is 2.03. The van der Waals surface area contributed by atoms with E-state index in [-0.39, 0.29) is 5.91 Å². The van der Waals surface area contributed by atoms with E-state index in [0.29, 0.717) is 17.2 Å². The summed E-state index contributed by atoms with van der Waals surface area (Å²) < 4.78 is 5.07. The van der Waals surface area contributed by atoms with Crippen molar-refractivity contribution < 1.29 is 9.53 Å². The number of carbonyl (C=O) groups excluding carboxylic acids is 1. The number of ether oxygens (including phenoxy) is 1. The number of hydrogen-bond donors (Lipinski definition) is 1. The quantitative estimate of drug-likeness (QED) is 0.617. The van der Waals surface area contributed by atoms with E-state index in [4.69, 9.17) is 4.74 Å². The minimum absolute atomic E-state index is 0.256. The molecule has 2 aromatic carbocycles. The molecule has 0 radical (unpaired) electrons. The highest BCUT2D eigenvalue weighted by Crippen LogP contribution is 2.16. The van der Waals surface area contributed by atoms with Crippen LogP contribution in [0, 0.1) is 0 Å². The fourth-order valence-corrected chi connectivity index (χ4v) is 2.28. The first-order valence-corrected chi connectivity index (χ1v) is 8.25. The minimum Gasteiger partial charge on any atom is -0.497 e. The highest BCUT2D eigenvalue weighted by molar-refractivity contribution is 5.95. The third-order valence-electron chi connectivity index (χ3n) is 3.78. The topological polar surface area (TPSA) is 50.7 Å². The van der Waals surface area contributed by atoms with Crippen molar-refractivity contribution >= 4 is 18.2 Å². The molecule has 0 aromatic heterocycles. The molecule has 2 rings (SSSR count). The number of carbonyl (C=O) groups is 1. The molecule has 25 heavy (non-hydrogen) atoms. The molecule has 0 aliphatic carbocycles. The van der Waals surface area contributed by atoms with Crippen LogP contribution < -0.4 is 10.2 Å². The maximum atomic E-state index is 12.0. The second-order valence-electron chi connectivity index (χ2n) is 6.14. The lowest BCUT2D eigenvalue weighted by Gasteiger charge is -2.05. The van der Waals surface area contributed by atoms with Gasteiger partial charge in [0.05, 0.1) is 13.3 Å². The van der Waals surface area contributed by atoms with Crippen LogP contribution in [0.5, 0.6) is 5.75 Å². The Bertz CT molecular complexity index is 757. The summed E-state index contributed by atoms with van der Waals surface area (Å²) in [4.78, 5) is 12.0. The largest absolute Gasteiger partial charge is 0.497 e. The number of nitrogens with one attached hydrogen (secondary N) is 1. The highest BCUT2D eigenvalue weighted by atomic mass is 16.5. The number of rotatable bonds is 6. The number of hydrazone groups is 1. The van der Waals surface area contributed by atoms with E-state index in [1.54, 1.807) is 37.6 Å². The van der Waals surface area contributed by atoms with Crippen LogP contribution in [0.15, 0.2) is 59.2 Å². The molecule has 130 valence electrons. The molecule has 0 atom stereocenters. The van der Waals surface area contributed by atoms with E-state index in [1.807, 2.05) is 13.0 Å². The number of amides is 1. The van der Waals surface area contributed by atoms with Crippen molar-refractivity contribution in [3.63, 3.8) is 0 Å². The number of methoxy groups -OCH3 is 1. The smallest absolute Gasteiger partial charge is 0.271 e. The molecule has 0 fully saturated rings. The number of nitrogens with zero attached hydrogens (tertiary/aromatic N) is 1. The van der Waals surface area contributed by atoms with Gasteiger partial charge in [0.2, 0.25) is 0 Å². The Morgan fingerprint density at radius 2 is 1.72 bits per heavy atom. The van der Waals surface area contributed by atoms with E-state index in [1.165, 1.54) is 5.56 Å². The van der Waals surface area contributed by atoms with Gasteiger partial charge in [-0.2, -0.15) is 5.10 Å². The van der Waals surface area contributed by atoms with Crippen molar-refractivity contribution in [1.29, 1.82) is 0 Å². The predicted octanol–water partition coefficient (Wildman–Crippen LogP) is 4.64. The molecule has 4 nitrogen and oxygen atoms in total. The van der Waals surface area contributed by atoms with Crippen molar-refractivity contribution in [2.75, 3.05) is 7.11 Å². The van der Waals surface area contributed by atoms with Gasteiger partial charge < -0.3 is 4.74 Å². The van der Waals surface area contributed by atoms with Crippen molar-refractivity contribution in [3.05, 3.63) is 70.8 Å². The van der Waals surface area contributed by atoms with Gasteiger partial charge in [0.1, 0.15) is 5.75 Å². The molecule has 0 aliphatic rings. The second-order valence-corrected chi connectivity index (χ2v) is 6.14. The Morgan fingerprint density at radius 3 is 2.28 bits per heavy atom. The van der Waals surface area contributed by atoms with Crippen LogP contribution >= 0.6 is 0 Å². The van der Waals surface area contributed by atoms with Crippen molar-refractivity contribution in [1.82, 2.24) is 5.43 Å². The maximum absolute atomic E-state index is 12.0. The van der Waals surface area contributed by atoms with Crippen LogP contribution in [0.3, 0.4) is 0 Å². The van der Waals surface area contributed by atoms with Crippen molar-refractivity contribution in [2.24, 2.45) is 5.10 Å². The average molecular weight is 336 g/mol. The van der Waals surface area contributed by atoms with Crippen LogP contribution in [0.4, 0.5) is 0 Å². The van der Waals surface area contributed by atoms with Crippen molar-refractivity contribution in [2.45, 2.75) is 26.7 Å². The Hall–Kier alpha value is -2.88. The van der Waals surface area contributed by atoms with Gasteiger partial charge in [-0.25, -0.2) is 5.43 Å². The number of hydrogen-bond acceptors (Lipinski definition) is 3. The first-order chi connectivity index (χ1) is 12.0. The van der Waals surface area contributed by atoms with E-state index >= 15 is 0 Å². The normalized spacial score (nSPS) is 11.8. The van der Waals surface area contributed by atoms with Gasteiger partial charge >= 0.3 is 0 Å². The van der Waals surface area contributed by atoms with E-state index in [0.717, 1.165) is 11.1 Å². The minimum atomic E-state index is -0.256. The monoisotopic (exact) mass is 336 g/mol. The van der Waals surface area contributed by atoms with Crippen LogP contribution in [-0.2, 0) is 0 Å². The first-order valence-electron chi connectivity index (χ1n) is 8.25. The summed E-state index contributed by atoms with van der Waals surface area (Å²) in [5.74, 6) is 0.976. The summed E-state index contributed by atoms with van der Waals surface area (Å²) in [5, 5.41) is 4.01. The Labute approximate surface area is 149 Å². The lowest BCUT2D eigenvalue weighted by molar-refractivity contribution is 0.0955. The molecule has 0 aliphatic heterocycles.